The summed E-state index contributed by atoms with van der Waals surface area (Å²) in [5, 5.41) is 4.47. The Morgan fingerprint density at radius 3 is 2.85 bits per heavy atom. The zero-order chi connectivity index (χ0) is 23.1. The second-order valence-corrected chi connectivity index (χ2v) is 9.30. The predicted octanol–water partition coefficient (Wildman–Crippen LogP) is 4.74. The van der Waals surface area contributed by atoms with E-state index < -0.39 is 6.04 Å². The minimum absolute atomic E-state index is 0.0481. The number of rotatable bonds is 6. The van der Waals surface area contributed by atoms with Gasteiger partial charge in [0.2, 0.25) is 5.91 Å². The Labute approximate surface area is 194 Å². The maximum absolute atomic E-state index is 13.7. The number of aromatic nitrogens is 1. The Bertz CT molecular complexity index is 1210. The molecule has 33 heavy (non-hydrogen) atoms. The van der Waals surface area contributed by atoms with Gasteiger partial charge in [-0.25, -0.2) is 0 Å². The first kappa shape index (κ1) is 21.6. The summed E-state index contributed by atoms with van der Waals surface area (Å²) in [6.07, 6.45) is 3.68. The van der Waals surface area contributed by atoms with Gasteiger partial charge >= 0.3 is 0 Å². The first-order valence-corrected chi connectivity index (χ1v) is 11.9. The van der Waals surface area contributed by atoms with Gasteiger partial charge in [-0.2, -0.15) is 0 Å². The van der Waals surface area contributed by atoms with E-state index in [2.05, 4.69) is 30.2 Å². The van der Waals surface area contributed by atoms with Gasteiger partial charge in [-0.15, -0.1) is 0 Å². The van der Waals surface area contributed by atoms with Crippen LogP contribution < -0.4 is 10.1 Å². The molecule has 2 N–H and O–H groups in total. The minimum Gasteiger partial charge on any atom is -0.497 e. The Hall–Kier alpha value is -3.28. The monoisotopic (exact) mass is 445 g/mol. The Balaban J connectivity index is 1.43. The minimum atomic E-state index is -0.496. The van der Waals surface area contributed by atoms with Crippen molar-refractivity contribution < 1.29 is 14.3 Å². The highest BCUT2D eigenvalue weighted by Crippen LogP contribution is 2.37. The molecule has 5 rings (SSSR count). The molecule has 2 amide bonds. The fourth-order valence-corrected chi connectivity index (χ4v) is 5.40. The molecule has 3 unspecified atom stereocenters. The van der Waals surface area contributed by atoms with Crippen LogP contribution in [0.2, 0.25) is 0 Å². The lowest BCUT2D eigenvalue weighted by Crippen LogP contribution is -2.51. The Morgan fingerprint density at radius 1 is 1.27 bits per heavy atom. The molecule has 0 radical (unpaired) electrons. The lowest BCUT2D eigenvalue weighted by Gasteiger charge is -2.33. The summed E-state index contributed by atoms with van der Waals surface area (Å²) in [4.78, 5) is 32.1. The second-order valence-electron chi connectivity index (χ2n) is 9.30. The maximum Gasteiger partial charge on any atom is 0.255 e. The van der Waals surface area contributed by atoms with Crippen LogP contribution >= 0.6 is 0 Å². The number of fused-ring (bicyclic) bond motifs is 4. The summed E-state index contributed by atoms with van der Waals surface area (Å²) in [6.45, 7) is 4.62. The van der Waals surface area contributed by atoms with Gasteiger partial charge in [0, 0.05) is 28.7 Å². The second kappa shape index (κ2) is 8.58. The summed E-state index contributed by atoms with van der Waals surface area (Å²) in [5.41, 5.74) is 5.10. The van der Waals surface area contributed by atoms with Crippen molar-refractivity contribution in [3.05, 3.63) is 64.8 Å². The molecular formula is C27H31N3O3. The average Bonchev–Trinajstić information content (AvgIpc) is 3.37. The van der Waals surface area contributed by atoms with Crippen LogP contribution in [0.25, 0.3) is 10.9 Å². The third-order valence-electron chi connectivity index (χ3n) is 7.37. The molecule has 0 bridgehead atoms. The number of carbonyl (C=O) groups is 2. The number of nitrogens with zero attached hydrogens (tertiary/aromatic N) is 1. The normalized spacial score (nSPS) is 19.2. The molecule has 2 heterocycles. The first-order chi connectivity index (χ1) is 16.0. The van der Waals surface area contributed by atoms with E-state index in [1.165, 1.54) is 5.56 Å². The van der Waals surface area contributed by atoms with Crippen molar-refractivity contribution in [3.8, 4) is 5.75 Å². The van der Waals surface area contributed by atoms with Crippen LogP contribution in [0.15, 0.2) is 42.5 Å². The van der Waals surface area contributed by atoms with Crippen molar-refractivity contribution in [2.24, 2.45) is 5.92 Å². The van der Waals surface area contributed by atoms with Gasteiger partial charge in [0.15, 0.2) is 0 Å². The Morgan fingerprint density at radius 2 is 2.09 bits per heavy atom. The highest BCUT2D eigenvalue weighted by Gasteiger charge is 2.40. The number of H-pyrrole nitrogens is 1. The van der Waals surface area contributed by atoms with E-state index in [1.807, 2.05) is 36.4 Å². The molecule has 2 aromatic carbocycles. The molecule has 1 aliphatic heterocycles. The van der Waals surface area contributed by atoms with E-state index in [9.17, 15) is 9.59 Å². The van der Waals surface area contributed by atoms with Crippen LogP contribution in [0.1, 0.15) is 66.3 Å². The molecular weight excluding hydrogens is 414 g/mol. The number of nitrogens with one attached hydrogen (secondary N) is 2. The van der Waals surface area contributed by atoms with Crippen LogP contribution in [0, 0.1) is 5.92 Å². The maximum atomic E-state index is 13.7. The van der Waals surface area contributed by atoms with E-state index in [1.54, 1.807) is 12.0 Å². The summed E-state index contributed by atoms with van der Waals surface area (Å²) >= 11 is 0. The van der Waals surface area contributed by atoms with Crippen molar-refractivity contribution in [2.75, 3.05) is 7.11 Å². The number of methoxy groups -OCH3 is 1. The zero-order valence-electron chi connectivity index (χ0n) is 19.5. The highest BCUT2D eigenvalue weighted by atomic mass is 16.5. The topological polar surface area (TPSA) is 74.4 Å². The van der Waals surface area contributed by atoms with Crippen LogP contribution in [0.5, 0.6) is 5.75 Å². The quantitative estimate of drug-likeness (QED) is 0.575. The number of aryl methyl sites for hydroxylation is 1. The van der Waals surface area contributed by atoms with E-state index in [4.69, 9.17) is 4.74 Å². The van der Waals surface area contributed by atoms with Crippen LogP contribution in [-0.4, -0.2) is 34.8 Å². The van der Waals surface area contributed by atoms with E-state index in [-0.39, 0.29) is 23.8 Å². The van der Waals surface area contributed by atoms with Crippen molar-refractivity contribution >= 4 is 22.7 Å². The molecule has 0 fully saturated rings. The molecule has 0 saturated heterocycles. The van der Waals surface area contributed by atoms with Gasteiger partial charge < -0.3 is 19.9 Å². The van der Waals surface area contributed by atoms with Gasteiger partial charge in [0.05, 0.1) is 13.2 Å². The van der Waals surface area contributed by atoms with Gasteiger partial charge in [0.25, 0.3) is 5.91 Å². The van der Waals surface area contributed by atoms with Crippen LogP contribution in [-0.2, 0) is 17.8 Å². The third kappa shape index (κ3) is 3.67. The van der Waals surface area contributed by atoms with Gasteiger partial charge in [-0.05, 0) is 60.6 Å². The average molecular weight is 446 g/mol. The number of hydrogen-bond acceptors (Lipinski definition) is 3. The van der Waals surface area contributed by atoms with Gasteiger partial charge in [0.1, 0.15) is 11.8 Å². The lowest BCUT2D eigenvalue weighted by molar-refractivity contribution is -0.128. The number of aromatic amines is 1. The predicted molar refractivity (Wildman–Crippen MR) is 128 cm³/mol. The van der Waals surface area contributed by atoms with Crippen LogP contribution in [0.3, 0.4) is 0 Å². The van der Waals surface area contributed by atoms with E-state index in [0.29, 0.717) is 12.1 Å². The Kier molecular flexibility index (Phi) is 5.60. The zero-order valence-corrected chi connectivity index (χ0v) is 19.5. The smallest absolute Gasteiger partial charge is 0.255 e. The highest BCUT2D eigenvalue weighted by molar-refractivity contribution is 6.01. The molecule has 1 aromatic heterocycles. The number of ether oxygens (including phenoxy) is 1. The number of amides is 2. The molecule has 6 nitrogen and oxygen atoms in total. The lowest BCUT2D eigenvalue weighted by atomic mass is 9.90. The summed E-state index contributed by atoms with van der Waals surface area (Å²) in [5.74, 6) is 0.769. The summed E-state index contributed by atoms with van der Waals surface area (Å²) < 4.78 is 5.42. The fourth-order valence-electron chi connectivity index (χ4n) is 5.40. The SMILES string of the molecule is CCC(C)C(C(=O)NC1CCCc2c1[nH]c1ccc(OC)cc21)N1Cc2ccccc2C1=O. The van der Waals surface area contributed by atoms with Crippen molar-refractivity contribution in [3.63, 3.8) is 0 Å². The van der Waals surface area contributed by atoms with Crippen LogP contribution in [0.4, 0.5) is 0 Å². The molecule has 1 aliphatic carbocycles. The van der Waals surface area contributed by atoms with E-state index >= 15 is 0 Å². The molecule has 0 spiro atoms. The summed E-state index contributed by atoms with van der Waals surface area (Å²) in [6, 6.07) is 13.1. The largest absolute Gasteiger partial charge is 0.497 e. The number of carbonyl (C=O) groups excluding carboxylic acids is 2. The fraction of sp³-hybridized carbons (Fsp3) is 0.407. The van der Waals surface area contributed by atoms with Crippen molar-refractivity contribution in [1.29, 1.82) is 0 Å². The van der Waals surface area contributed by atoms with Crippen molar-refractivity contribution in [2.45, 2.75) is 58.2 Å². The van der Waals surface area contributed by atoms with Gasteiger partial charge in [-0.3, -0.25) is 9.59 Å². The van der Waals surface area contributed by atoms with Gasteiger partial charge in [-0.1, -0.05) is 38.5 Å². The first-order valence-electron chi connectivity index (χ1n) is 11.9. The van der Waals surface area contributed by atoms with E-state index in [0.717, 1.165) is 53.6 Å². The standard InChI is InChI=1S/C27H31N3O3/c1-4-16(2)25(30-15-17-8-5-6-9-19(17)27(30)32)26(31)29-23-11-7-10-20-21-14-18(33-3)12-13-22(21)28-24(20)23/h5-6,8-9,12-14,16,23,25,28H,4,7,10-11,15H2,1-3H3,(H,29,31). The number of benzene rings is 2. The molecule has 2 aliphatic rings. The molecule has 3 atom stereocenters. The molecule has 172 valence electrons. The van der Waals surface area contributed by atoms with Crippen molar-refractivity contribution in [1.82, 2.24) is 15.2 Å². The molecule has 6 heteroatoms. The molecule has 3 aromatic rings. The third-order valence-corrected chi connectivity index (χ3v) is 7.37. The summed E-state index contributed by atoms with van der Waals surface area (Å²) in [7, 11) is 1.68. The molecule has 0 saturated carbocycles. The number of hydrogen-bond donors (Lipinski definition) is 2.